The summed E-state index contributed by atoms with van der Waals surface area (Å²) in [5, 5.41) is 9.58. The highest BCUT2D eigenvalue weighted by molar-refractivity contribution is 6.36. The van der Waals surface area contributed by atoms with E-state index in [1.807, 2.05) is 19.1 Å². The first-order valence-corrected chi connectivity index (χ1v) is 11.5. The molecule has 2 aromatic carbocycles. The minimum Gasteiger partial charge on any atom is -0.436 e. The van der Waals surface area contributed by atoms with E-state index in [4.69, 9.17) is 28.3 Å². The summed E-state index contributed by atoms with van der Waals surface area (Å²) in [7, 11) is 0. The molecule has 2 aromatic rings. The van der Waals surface area contributed by atoms with E-state index in [9.17, 15) is 22.8 Å². The summed E-state index contributed by atoms with van der Waals surface area (Å²) in [4.78, 5) is 24.1. The van der Waals surface area contributed by atoms with Gasteiger partial charge in [-0.05, 0) is 60.7 Å². The summed E-state index contributed by atoms with van der Waals surface area (Å²) >= 11 is 12.3. The lowest BCUT2D eigenvalue weighted by atomic mass is 9.95. The molecule has 0 bridgehead atoms. The highest BCUT2D eigenvalue weighted by Crippen LogP contribution is 2.35. The zero-order chi connectivity index (χ0) is 25.0. The van der Waals surface area contributed by atoms with Crippen LogP contribution in [0.3, 0.4) is 0 Å². The molecule has 34 heavy (non-hydrogen) atoms. The van der Waals surface area contributed by atoms with Gasteiger partial charge in [0, 0.05) is 35.1 Å². The lowest BCUT2D eigenvalue weighted by Gasteiger charge is -2.33. The van der Waals surface area contributed by atoms with Gasteiger partial charge in [0.2, 0.25) is 6.29 Å². The smallest absolute Gasteiger partial charge is 0.391 e. The second-order valence-electron chi connectivity index (χ2n) is 8.23. The van der Waals surface area contributed by atoms with Crippen LogP contribution >= 0.6 is 23.2 Å². The highest BCUT2D eigenvalue weighted by Gasteiger charge is 2.41. The molecule has 2 fully saturated rings. The minimum absolute atomic E-state index is 0.0479. The normalized spacial score (nSPS) is 18.9. The molecule has 1 atom stereocenters. The summed E-state index contributed by atoms with van der Waals surface area (Å²) in [6.45, 7) is 2.07. The molecular weight excluding hydrogens is 494 g/mol. The molecule has 0 aliphatic carbocycles. The van der Waals surface area contributed by atoms with Crippen LogP contribution in [0, 0.1) is 12.8 Å². The lowest BCUT2D eigenvalue weighted by Crippen LogP contribution is -2.42. The van der Waals surface area contributed by atoms with Crippen molar-refractivity contribution in [1.82, 2.24) is 4.90 Å². The van der Waals surface area contributed by atoms with E-state index in [-0.39, 0.29) is 37.8 Å². The van der Waals surface area contributed by atoms with E-state index in [1.165, 1.54) is 4.90 Å². The molecule has 184 valence electrons. The van der Waals surface area contributed by atoms with Crippen LogP contribution in [-0.2, 0) is 9.53 Å². The number of carbonyl (C=O) groups is 2. The van der Waals surface area contributed by atoms with Crippen LogP contribution < -0.4 is 0 Å². The maximum absolute atomic E-state index is 12.8. The van der Waals surface area contributed by atoms with Gasteiger partial charge < -0.3 is 14.7 Å². The summed E-state index contributed by atoms with van der Waals surface area (Å²) < 4.78 is 42.6. The maximum atomic E-state index is 12.8. The number of rotatable bonds is 2. The zero-order valence-electron chi connectivity index (χ0n) is 18.4. The highest BCUT2D eigenvalue weighted by atomic mass is 35.5. The molecule has 4 rings (SSSR count). The fourth-order valence-corrected chi connectivity index (χ4v) is 4.21. The number of piperidine rings is 1. The number of esters is 1. The first kappa shape index (κ1) is 26.3. The number of aliphatic hydroxyl groups excluding tert-OH is 1. The van der Waals surface area contributed by atoms with Crippen molar-refractivity contribution < 1.29 is 32.6 Å². The number of amides is 1. The van der Waals surface area contributed by atoms with Gasteiger partial charge in [-0.3, -0.25) is 9.59 Å². The number of benzene rings is 2. The number of hydrogen-bond donors (Lipinski definition) is 1. The van der Waals surface area contributed by atoms with Gasteiger partial charge in [-0.25, -0.2) is 0 Å². The van der Waals surface area contributed by atoms with Crippen molar-refractivity contribution in [3.8, 4) is 11.1 Å². The van der Waals surface area contributed by atoms with Gasteiger partial charge in [0.15, 0.2) is 0 Å². The van der Waals surface area contributed by atoms with Crippen molar-refractivity contribution in [3.63, 3.8) is 0 Å². The Kier molecular flexibility index (Phi) is 8.49. The third-order valence-corrected chi connectivity index (χ3v) is 6.64. The van der Waals surface area contributed by atoms with Crippen LogP contribution in [0.5, 0.6) is 0 Å². The van der Waals surface area contributed by atoms with Crippen LogP contribution in [0.1, 0.15) is 41.6 Å². The van der Waals surface area contributed by atoms with Crippen molar-refractivity contribution in [2.24, 2.45) is 5.92 Å². The molecule has 1 amide bonds. The van der Waals surface area contributed by atoms with Crippen molar-refractivity contribution >= 4 is 35.1 Å². The number of halogens is 5. The Morgan fingerprint density at radius 1 is 1.03 bits per heavy atom. The number of alkyl halides is 3. The molecule has 2 heterocycles. The third-order valence-electron chi connectivity index (χ3n) is 5.85. The topological polar surface area (TPSA) is 66.8 Å². The summed E-state index contributed by atoms with van der Waals surface area (Å²) in [5.74, 6) is -1.87. The Morgan fingerprint density at radius 3 is 2.00 bits per heavy atom. The van der Waals surface area contributed by atoms with E-state index in [2.05, 4.69) is 4.74 Å². The van der Waals surface area contributed by atoms with Crippen molar-refractivity contribution in [3.05, 3.63) is 57.6 Å². The predicted molar refractivity (Wildman–Crippen MR) is 123 cm³/mol. The summed E-state index contributed by atoms with van der Waals surface area (Å²) in [6, 6.07) is 10.5. The van der Waals surface area contributed by atoms with Crippen molar-refractivity contribution in [2.45, 2.75) is 45.1 Å². The summed E-state index contributed by atoms with van der Waals surface area (Å²) in [5.41, 5.74) is 2.94. The number of likely N-dealkylation sites (tertiary alicyclic amines) is 1. The molecule has 0 saturated carbocycles. The fraction of sp³-hybridized carbons (Fsp3) is 0.417. The SMILES string of the molecule is Cc1c(Cl)cc(-c2ccc(C(=O)N3CCC(C(F)(F)F)CC3)cc2)cc1Cl.O=C1CCC(O)O1. The molecule has 1 N–H and O–H groups in total. The van der Waals surface area contributed by atoms with Crippen LogP contribution in [0.25, 0.3) is 11.1 Å². The van der Waals surface area contributed by atoms with Gasteiger partial charge in [0.1, 0.15) is 0 Å². The largest absolute Gasteiger partial charge is 0.436 e. The molecule has 2 aliphatic heterocycles. The molecule has 2 aliphatic rings. The van der Waals surface area contributed by atoms with Gasteiger partial charge in [0.25, 0.3) is 5.91 Å². The van der Waals surface area contributed by atoms with E-state index in [0.29, 0.717) is 28.5 Å². The third kappa shape index (κ3) is 6.64. The Balaban J connectivity index is 0.000000396. The van der Waals surface area contributed by atoms with Gasteiger partial charge in [-0.1, -0.05) is 35.3 Å². The van der Waals surface area contributed by atoms with E-state index < -0.39 is 18.4 Å². The monoisotopic (exact) mass is 517 g/mol. The van der Waals surface area contributed by atoms with Gasteiger partial charge >= 0.3 is 12.1 Å². The first-order chi connectivity index (χ1) is 16.0. The fourth-order valence-electron chi connectivity index (χ4n) is 3.72. The molecule has 0 aromatic heterocycles. The number of ether oxygens (including phenoxy) is 1. The molecule has 1 unspecified atom stereocenters. The average molecular weight is 518 g/mol. The minimum atomic E-state index is -4.19. The van der Waals surface area contributed by atoms with Crippen LogP contribution in [0.2, 0.25) is 10.0 Å². The maximum Gasteiger partial charge on any atom is 0.391 e. The number of aliphatic hydroxyl groups is 1. The Labute approximate surface area is 205 Å². The molecule has 10 heteroatoms. The Morgan fingerprint density at radius 2 is 1.59 bits per heavy atom. The molecule has 2 saturated heterocycles. The second-order valence-corrected chi connectivity index (χ2v) is 9.05. The number of hydrogen-bond acceptors (Lipinski definition) is 4. The molecular formula is C24H24Cl2F3NO4. The summed E-state index contributed by atoms with van der Waals surface area (Å²) in [6.07, 6.45) is -4.29. The van der Waals surface area contributed by atoms with E-state index in [0.717, 1.165) is 16.7 Å². The Hall–Kier alpha value is -2.29. The van der Waals surface area contributed by atoms with Gasteiger partial charge in [-0.2, -0.15) is 13.2 Å². The lowest BCUT2D eigenvalue weighted by molar-refractivity contribution is -0.183. The number of nitrogens with zero attached hydrogens (tertiary/aromatic N) is 1. The van der Waals surface area contributed by atoms with Gasteiger partial charge in [0.05, 0.1) is 12.3 Å². The Bertz CT molecular complexity index is 1010. The van der Waals surface area contributed by atoms with Crippen LogP contribution in [0.15, 0.2) is 36.4 Å². The van der Waals surface area contributed by atoms with Crippen LogP contribution in [0.4, 0.5) is 13.2 Å². The number of carbonyl (C=O) groups excluding carboxylic acids is 2. The van der Waals surface area contributed by atoms with Crippen molar-refractivity contribution in [2.75, 3.05) is 13.1 Å². The number of cyclic esters (lactones) is 1. The predicted octanol–water partition coefficient (Wildman–Crippen LogP) is 6.03. The van der Waals surface area contributed by atoms with Gasteiger partial charge in [-0.15, -0.1) is 0 Å². The second kappa shape index (κ2) is 11.0. The standard InChI is InChI=1S/C20H18Cl2F3NO.C4H6O3/c1-12-17(21)10-15(11-18(12)22)13-2-4-14(5-3-13)19(27)26-8-6-16(7-9-26)20(23,24)25;5-3-1-2-4(6)7-3/h2-5,10-11,16H,6-9H2,1H3;3,5H,1-2H2. The first-order valence-electron chi connectivity index (χ1n) is 10.8. The average Bonchev–Trinajstić information content (AvgIpc) is 3.19. The van der Waals surface area contributed by atoms with E-state index in [1.54, 1.807) is 24.3 Å². The quantitative estimate of drug-likeness (QED) is 0.494. The van der Waals surface area contributed by atoms with Crippen molar-refractivity contribution in [1.29, 1.82) is 0 Å². The molecule has 5 nitrogen and oxygen atoms in total. The molecule has 0 radical (unpaired) electrons. The van der Waals surface area contributed by atoms with Crippen LogP contribution in [-0.4, -0.2) is 47.4 Å². The zero-order valence-corrected chi connectivity index (χ0v) is 19.9. The van der Waals surface area contributed by atoms with E-state index >= 15 is 0 Å². The molecule has 0 spiro atoms.